The average molecular weight is 207 g/mol. The molecule has 0 aromatic carbocycles. The lowest BCUT2D eigenvalue weighted by atomic mass is 10.4. The van der Waals surface area contributed by atoms with Gasteiger partial charge in [0, 0.05) is 19.4 Å². The van der Waals surface area contributed by atoms with Gasteiger partial charge < -0.3 is 9.88 Å². The summed E-state index contributed by atoms with van der Waals surface area (Å²) in [5.74, 6) is 0.443. The standard InChI is InChI=1S/C7H9N7O/c1-14(4-5-8-2-3-9-5)7(15)6-10-12-13-11-6/h2-3H,4H2,1H3,(H,8,9)(H,10,11,12,13). The van der Waals surface area contributed by atoms with E-state index in [9.17, 15) is 4.79 Å². The van der Waals surface area contributed by atoms with Crippen molar-refractivity contribution in [1.29, 1.82) is 0 Å². The first kappa shape index (κ1) is 9.31. The Morgan fingerprint density at radius 1 is 1.60 bits per heavy atom. The Morgan fingerprint density at radius 2 is 2.47 bits per heavy atom. The van der Waals surface area contributed by atoms with Gasteiger partial charge >= 0.3 is 0 Å². The SMILES string of the molecule is CN(Cc1ncc[nH]1)C(=O)c1nn[nH]n1. The first-order valence-corrected chi connectivity index (χ1v) is 4.24. The molecule has 0 bridgehead atoms. The second-order valence-corrected chi connectivity index (χ2v) is 2.93. The molecule has 2 aromatic rings. The zero-order chi connectivity index (χ0) is 10.7. The van der Waals surface area contributed by atoms with E-state index < -0.39 is 0 Å². The van der Waals surface area contributed by atoms with Crippen molar-refractivity contribution in [2.45, 2.75) is 6.54 Å². The van der Waals surface area contributed by atoms with Crippen LogP contribution in [0.3, 0.4) is 0 Å². The van der Waals surface area contributed by atoms with E-state index in [0.717, 1.165) is 0 Å². The van der Waals surface area contributed by atoms with E-state index in [1.54, 1.807) is 19.4 Å². The lowest BCUT2D eigenvalue weighted by molar-refractivity contribution is 0.0770. The van der Waals surface area contributed by atoms with Crippen LogP contribution >= 0.6 is 0 Å². The maximum atomic E-state index is 11.6. The highest BCUT2D eigenvalue weighted by molar-refractivity contribution is 5.89. The van der Waals surface area contributed by atoms with Gasteiger partial charge in [0.05, 0.1) is 6.54 Å². The Labute approximate surface area is 84.7 Å². The fourth-order valence-corrected chi connectivity index (χ4v) is 1.10. The van der Waals surface area contributed by atoms with Gasteiger partial charge in [0.25, 0.3) is 11.7 Å². The second kappa shape index (κ2) is 3.86. The summed E-state index contributed by atoms with van der Waals surface area (Å²) in [6, 6.07) is 0. The lowest BCUT2D eigenvalue weighted by Gasteiger charge is -2.12. The van der Waals surface area contributed by atoms with Crippen LogP contribution in [0, 0.1) is 0 Å². The molecule has 2 N–H and O–H groups in total. The van der Waals surface area contributed by atoms with Gasteiger partial charge in [-0.3, -0.25) is 4.79 Å². The number of imidazole rings is 1. The number of hydrogen-bond acceptors (Lipinski definition) is 5. The van der Waals surface area contributed by atoms with E-state index in [1.165, 1.54) is 4.90 Å². The van der Waals surface area contributed by atoms with Crippen LogP contribution in [-0.2, 0) is 6.54 Å². The third kappa shape index (κ3) is 1.98. The zero-order valence-electron chi connectivity index (χ0n) is 8.01. The number of hydrogen-bond donors (Lipinski definition) is 2. The Morgan fingerprint density at radius 3 is 3.07 bits per heavy atom. The Kier molecular flexibility index (Phi) is 2.40. The molecule has 0 fully saturated rings. The number of carbonyl (C=O) groups is 1. The number of amides is 1. The van der Waals surface area contributed by atoms with Gasteiger partial charge in [0.1, 0.15) is 5.82 Å². The molecule has 0 saturated heterocycles. The summed E-state index contributed by atoms with van der Waals surface area (Å²) in [5, 5.41) is 12.7. The van der Waals surface area contributed by atoms with Crippen molar-refractivity contribution in [1.82, 2.24) is 35.5 Å². The minimum atomic E-state index is -0.305. The van der Waals surface area contributed by atoms with Crippen LogP contribution < -0.4 is 0 Å². The molecule has 15 heavy (non-hydrogen) atoms. The van der Waals surface area contributed by atoms with E-state index in [-0.39, 0.29) is 11.7 Å². The smallest absolute Gasteiger partial charge is 0.295 e. The molecular formula is C7H9N7O. The molecule has 78 valence electrons. The first-order valence-electron chi connectivity index (χ1n) is 4.24. The monoisotopic (exact) mass is 207 g/mol. The average Bonchev–Trinajstić information content (AvgIpc) is 2.88. The number of H-pyrrole nitrogens is 2. The van der Waals surface area contributed by atoms with Crippen LogP contribution in [-0.4, -0.2) is 48.4 Å². The molecule has 2 rings (SSSR count). The molecule has 2 heterocycles. The Balaban J connectivity index is 2.03. The Hall–Kier alpha value is -2.25. The van der Waals surface area contributed by atoms with Crippen LogP contribution in [0.15, 0.2) is 12.4 Å². The highest BCUT2D eigenvalue weighted by atomic mass is 16.2. The quantitative estimate of drug-likeness (QED) is 0.685. The molecular weight excluding hydrogens is 198 g/mol. The van der Waals surface area contributed by atoms with Crippen molar-refractivity contribution in [2.75, 3.05) is 7.05 Å². The Bertz CT molecular complexity index is 420. The first-order chi connectivity index (χ1) is 7.27. The van der Waals surface area contributed by atoms with Gasteiger partial charge in [-0.1, -0.05) is 0 Å². The summed E-state index contributed by atoms with van der Waals surface area (Å²) < 4.78 is 0. The van der Waals surface area contributed by atoms with E-state index in [1.807, 2.05) is 0 Å². The number of carbonyl (C=O) groups excluding carboxylic acids is 1. The maximum absolute atomic E-state index is 11.6. The number of tetrazole rings is 1. The van der Waals surface area contributed by atoms with Gasteiger partial charge in [-0.05, 0) is 5.21 Å². The predicted molar refractivity (Wildman–Crippen MR) is 48.6 cm³/mol. The highest BCUT2D eigenvalue weighted by Gasteiger charge is 2.16. The van der Waals surface area contributed by atoms with E-state index in [4.69, 9.17) is 0 Å². The summed E-state index contributed by atoms with van der Waals surface area (Å²) in [7, 11) is 1.64. The summed E-state index contributed by atoms with van der Waals surface area (Å²) >= 11 is 0. The summed E-state index contributed by atoms with van der Waals surface area (Å²) in [4.78, 5) is 20.0. The van der Waals surface area contributed by atoms with Crippen molar-refractivity contribution < 1.29 is 4.79 Å². The molecule has 0 atom stereocenters. The van der Waals surface area contributed by atoms with Crippen LogP contribution in [0.5, 0.6) is 0 Å². The summed E-state index contributed by atoms with van der Waals surface area (Å²) in [6.07, 6.45) is 3.32. The number of aromatic amines is 2. The molecule has 0 aliphatic carbocycles. The topological polar surface area (TPSA) is 103 Å². The van der Waals surface area contributed by atoms with Crippen LogP contribution in [0.2, 0.25) is 0 Å². The molecule has 0 aliphatic heterocycles. The van der Waals surface area contributed by atoms with E-state index in [0.29, 0.717) is 12.4 Å². The largest absolute Gasteiger partial charge is 0.347 e. The van der Waals surface area contributed by atoms with Gasteiger partial charge in [-0.25, -0.2) is 4.98 Å². The van der Waals surface area contributed by atoms with E-state index >= 15 is 0 Å². The minimum absolute atomic E-state index is 0.0454. The van der Waals surface area contributed by atoms with Crippen molar-refractivity contribution in [2.24, 2.45) is 0 Å². The van der Waals surface area contributed by atoms with Crippen molar-refractivity contribution >= 4 is 5.91 Å². The van der Waals surface area contributed by atoms with Crippen molar-refractivity contribution in [3.8, 4) is 0 Å². The summed E-state index contributed by atoms with van der Waals surface area (Å²) in [5.41, 5.74) is 0. The second-order valence-electron chi connectivity index (χ2n) is 2.93. The molecule has 1 amide bonds. The van der Waals surface area contributed by atoms with E-state index in [2.05, 4.69) is 30.6 Å². The van der Waals surface area contributed by atoms with Gasteiger partial charge in [-0.2, -0.15) is 5.21 Å². The van der Waals surface area contributed by atoms with Gasteiger partial charge in [0.15, 0.2) is 0 Å². The summed E-state index contributed by atoms with van der Waals surface area (Å²) in [6.45, 7) is 0.375. The maximum Gasteiger partial charge on any atom is 0.295 e. The zero-order valence-corrected chi connectivity index (χ0v) is 8.01. The number of nitrogens with one attached hydrogen (secondary N) is 2. The number of rotatable bonds is 3. The third-order valence-electron chi connectivity index (χ3n) is 1.83. The fourth-order valence-electron chi connectivity index (χ4n) is 1.10. The fraction of sp³-hybridized carbons (Fsp3) is 0.286. The van der Waals surface area contributed by atoms with Crippen molar-refractivity contribution in [3.63, 3.8) is 0 Å². The molecule has 8 nitrogen and oxygen atoms in total. The van der Waals surface area contributed by atoms with Crippen LogP contribution in [0.1, 0.15) is 16.4 Å². The molecule has 0 saturated carbocycles. The van der Waals surface area contributed by atoms with Gasteiger partial charge in [-0.15, -0.1) is 10.2 Å². The van der Waals surface area contributed by atoms with Gasteiger partial charge in [0.2, 0.25) is 0 Å². The number of nitrogens with zero attached hydrogens (tertiary/aromatic N) is 5. The molecule has 0 spiro atoms. The molecule has 0 aliphatic rings. The van der Waals surface area contributed by atoms with Crippen molar-refractivity contribution in [3.05, 3.63) is 24.0 Å². The number of aromatic nitrogens is 6. The third-order valence-corrected chi connectivity index (χ3v) is 1.83. The molecule has 0 radical (unpaired) electrons. The lowest BCUT2D eigenvalue weighted by Crippen LogP contribution is -2.27. The highest BCUT2D eigenvalue weighted by Crippen LogP contribution is 1.99. The minimum Gasteiger partial charge on any atom is -0.347 e. The molecule has 2 aromatic heterocycles. The normalized spacial score (nSPS) is 10.2. The molecule has 0 unspecified atom stereocenters. The van der Waals surface area contributed by atoms with Crippen LogP contribution in [0.25, 0.3) is 0 Å². The predicted octanol–water partition coefficient (Wildman–Crippen LogP) is -0.805. The van der Waals surface area contributed by atoms with Crippen LogP contribution in [0.4, 0.5) is 0 Å². The molecule has 8 heteroatoms.